The van der Waals surface area contributed by atoms with Gasteiger partial charge in [-0.2, -0.15) is 0 Å². The van der Waals surface area contributed by atoms with Crippen molar-refractivity contribution in [2.24, 2.45) is 0 Å². The summed E-state index contributed by atoms with van der Waals surface area (Å²) in [6.07, 6.45) is 1.16. The maximum absolute atomic E-state index is 10.5. The number of anilines is 1. The minimum absolute atomic E-state index is 0.240. The first-order valence-corrected chi connectivity index (χ1v) is 5.17. The van der Waals surface area contributed by atoms with Gasteiger partial charge in [-0.3, -0.25) is 4.98 Å². The molecule has 0 aliphatic carbocycles. The fraction of sp³-hybridized carbons (Fsp3) is 0.444. The van der Waals surface area contributed by atoms with E-state index in [2.05, 4.69) is 20.6 Å². The second-order valence-corrected chi connectivity index (χ2v) is 3.65. The summed E-state index contributed by atoms with van der Waals surface area (Å²) in [5.74, 6) is 0.406. The van der Waals surface area contributed by atoms with Gasteiger partial charge in [0.15, 0.2) is 0 Å². The van der Waals surface area contributed by atoms with Gasteiger partial charge in [-0.05, 0) is 6.92 Å². The molecule has 1 heterocycles. The molecule has 0 saturated carbocycles. The van der Waals surface area contributed by atoms with Crippen LogP contribution in [0.25, 0.3) is 0 Å². The van der Waals surface area contributed by atoms with E-state index in [0.29, 0.717) is 5.82 Å². The third kappa shape index (κ3) is 4.41. The molecule has 2 unspecified atom stereocenters. The summed E-state index contributed by atoms with van der Waals surface area (Å²) in [6.45, 7) is 1.66. The first-order valence-electron chi connectivity index (χ1n) is 4.79. The van der Waals surface area contributed by atoms with Gasteiger partial charge in [-0.25, -0.2) is 9.78 Å². The fourth-order valence-electron chi connectivity index (χ4n) is 1.22. The van der Waals surface area contributed by atoms with Gasteiger partial charge in [-0.15, -0.1) is 0 Å². The van der Waals surface area contributed by atoms with Gasteiger partial charge in [0.1, 0.15) is 17.2 Å². The molecular weight excluding hydrogens is 248 g/mol. The number of methoxy groups -OCH3 is 1. The number of aromatic nitrogens is 2. The van der Waals surface area contributed by atoms with E-state index < -0.39 is 18.4 Å². The Labute approximate surface area is 103 Å². The summed E-state index contributed by atoms with van der Waals surface area (Å²) >= 11 is 5.67. The normalized spacial score (nSPS) is 13.8. The van der Waals surface area contributed by atoms with Gasteiger partial charge in [0.2, 0.25) is 0 Å². The minimum atomic E-state index is -1.13. The van der Waals surface area contributed by atoms with Crippen molar-refractivity contribution in [2.75, 3.05) is 12.4 Å². The quantitative estimate of drug-likeness (QED) is 0.688. The first kappa shape index (κ1) is 13.5. The number of carbonyl (C=O) groups is 1. The van der Waals surface area contributed by atoms with Gasteiger partial charge in [-0.1, -0.05) is 11.6 Å². The van der Waals surface area contributed by atoms with Crippen molar-refractivity contribution in [1.82, 2.24) is 15.3 Å². The highest BCUT2D eigenvalue weighted by atomic mass is 35.5. The lowest BCUT2D eigenvalue weighted by atomic mass is 10.3. The Balaban J connectivity index is 2.66. The topological polar surface area (TPSA) is 96.4 Å². The molecule has 2 atom stereocenters. The standard InChI is InChI=1S/C9H13ClN4O3/c1-5(12-9(15)16)8(17-2)14-7-4-11-3-6(10)13-7/h3-5,8,12H,1-2H3,(H,13,14)(H,15,16). The van der Waals surface area contributed by atoms with Gasteiger partial charge in [0.25, 0.3) is 0 Å². The van der Waals surface area contributed by atoms with Crippen LogP contribution in [0, 0.1) is 0 Å². The molecule has 1 aromatic rings. The molecule has 0 saturated heterocycles. The second-order valence-electron chi connectivity index (χ2n) is 3.27. The number of ether oxygens (including phenoxy) is 1. The zero-order valence-electron chi connectivity index (χ0n) is 9.35. The summed E-state index contributed by atoms with van der Waals surface area (Å²) in [5.41, 5.74) is 0. The van der Waals surface area contributed by atoms with E-state index in [4.69, 9.17) is 21.4 Å². The van der Waals surface area contributed by atoms with Crippen LogP contribution in [0.2, 0.25) is 5.15 Å². The Morgan fingerprint density at radius 3 is 2.82 bits per heavy atom. The van der Waals surface area contributed by atoms with Crippen molar-refractivity contribution in [1.29, 1.82) is 0 Å². The SMILES string of the molecule is COC(Nc1cncc(Cl)n1)C(C)NC(=O)O. The Hall–Kier alpha value is -1.60. The van der Waals surface area contributed by atoms with Crippen LogP contribution >= 0.6 is 11.6 Å². The molecule has 17 heavy (non-hydrogen) atoms. The number of rotatable bonds is 5. The van der Waals surface area contributed by atoms with Crippen LogP contribution < -0.4 is 10.6 Å². The van der Waals surface area contributed by atoms with Crippen LogP contribution in [0.5, 0.6) is 0 Å². The highest BCUT2D eigenvalue weighted by Gasteiger charge is 2.18. The minimum Gasteiger partial charge on any atom is -0.465 e. The van der Waals surface area contributed by atoms with Crippen molar-refractivity contribution in [2.45, 2.75) is 19.2 Å². The maximum atomic E-state index is 10.5. The average Bonchev–Trinajstić information content (AvgIpc) is 2.24. The van der Waals surface area contributed by atoms with Crippen molar-refractivity contribution in [3.8, 4) is 0 Å². The van der Waals surface area contributed by atoms with Crippen LogP contribution in [-0.2, 0) is 4.74 Å². The van der Waals surface area contributed by atoms with E-state index in [1.165, 1.54) is 19.5 Å². The molecule has 7 nitrogen and oxygen atoms in total. The lowest BCUT2D eigenvalue weighted by molar-refractivity contribution is 0.0931. The number of carboxylic acid groups (broad SMARTS) is 1. The molecular formula is C9H13ClN4O3. The molecule has 0 aliphatic rings. The number of hydrogen-bond acceptors (Lipinski definition) is 5. The van der Waals surface area contributed by atoms with E-state index in [9.17, 15) is 4.79 Å². The Kier molecular flexibility index (Phi) is 4.92. The summed E-state index contributed by atoms with van der Waals surface area (Å²) in [5, 5.41) is 14.0. The predicted molar refractivity (Wildman–Crippen MR) is 62.1 cm³/mol. The summed E-state index contributed by atoms with van der Waals surface area (Å²) in [6, 6.07) is -0.460. The van der Waals surface area contributed by atoms with Crippen LogP contribution in [0.15, 0.2) is 12.4 Å². The lowest BCUT2D eigenvalue weighted by Crippen LogP contribution is -2.45. The molecule has 0 radical (unpaired) electrons. The lowest BCUT2D eigenvalue weighted by Gasteiger charge is -2.23. The summed E-state index contributed by atoms with van der Waals surface area (Å²) in [4.78, 5) is 18.3. The Morgan fingerprint density at radius 2 is 2.29 bits per heavy atom. The molecule has 0 fully saturated rings. The van der Waals surface area contributed by atoms with E-state index in [-0.39, 0.29) is 5.15 Å². The maximum Gasteiger partial charge on any atom is 0.405 e. The molecule has 94 valence electrons. The molecule has 1 rings (SSSR count). The molecule has 1 amide bonds. The monoisotopic (exact) mass is 260 g/mol. The molecule has 3 N–H and O–H groups in total. The van der Waals surface area contributed by atoms with Gasteiger partial charge in [0.05, 0.1) is 18.4 Å². The second kappa shape index (κ2) is 6.21. The van der Waals surface area contributed by atoms with Crippen molar-refractivity contribution < 1.29 is 14.6 Å². The highest BCUT2D eigenvalue weighted by molar-refractivity contribution is 6.29. The predicted octanol–water partition coefficient (Wildman–Crippen LogP) is 1.17. The first-order chi connectivity index (χ1) is 8.02. The molecule has 0 aliphatic heterocycles. The van der Waals surface area contributed by atoms with Gasteiger partial charge < -0.3 is 20.5 Å². The third-order valence-corrected chi connectivity index (χ3v) is 2.14. The zero-order chi connectivity index (χ0) is 12.8. The fourth-order valence-corrected chi connectivity index (χ4v) is 1.36. The third-order valence-electron chi connectivity index (χ3n) is 1.95. The van der Waals surface area contributed by atoms with Crippen LogP contribution in [-0.4, -0.2) is 40.5 Å². The van der Waals surface area contributed by atoms with Crippen molar-refractivity contribution >= 4 is 23.5 Å². The van der Waals surface area contributed by atoms with E-state index in [0.717, 1.165) is 0 Å². The van der Waals surface area contributed by atoms with Gasteiger partial charge in [0, 0.05) is 7.11 Å². The number of amides is 1. The summed E-state index contributed by atoms with van der Waals surface area (Å²) in [7, 11) is 1.45. The zero-order valence-corrected chi connectivity index (χ0v) is 10.1. The molecule has 1 aromatic heterocycles. The Bertz CT molecular complexity index is 390. The molecule has 0 spiro atoms. The Morgan fingerprint density at radius 1 is 1.59 bits per heavy atom. The van der Waals surface area contributed by atoms with E-state index >= 15 is 0 Å². The molecule has 8 heteroatoms. The average molecular weight is 261 g/mol. The highest BCUT2D eigenvalue weighted by Crippen LogP contribution is 2.09. The van der Waals surface area contributed by atoms with Crippen LogP contribution in [0.4, 0.5) is 10.6 Å². The molecule has 0 bridgehead atoms. The van der Waals surface area contributed by atoms with Crippen LogP contribution in [0.3, 0.4) is 0 Å². The summed E-state index contributed by atoms with van der Waals surface area (Å²) < 4.78 is 5.11. The smallest absolute Gasteiger partial charge is 0.405 e. The number of halogens is 1. The van der Waals surface area contributed by atoms with Crippen LogP contribution in [0.1, 0.15) is 6.92 Å². The van der Waals surface area contributed by atoms with Gasteiger partial charge >= 0.3 is 6.09 Å². The van der Waals surface area contributed by atoms with Crippen molar-refractivity contribution in [3.05, 3.63) is 17.5 Å². The number of nitrogens with one attached hydrogen (secondary N) is 2. The largest absolute Gasteiger partial charge is 0.465 e. The van der Waals surface area contributed by atoms with E-state index in [1.807, 2.05) is 0 Å². The van der Waals surface area contributed by atoms with E-state index in [1.54, 1.807) is 6.92 Å². The number of hydrogen-bond donors (Lipinski definition) is 3. The molecule has 0 aromatic carbocycles. The number of nitrogens with zero attached hydrogens (tertiary/aromatic N) is 2. The van der Waals surface area contributed by atoms with Crippen molar-refractivity contribution in [3.63, 3.8) is 0 Å².